The van der Waals surface area contributed by atoms with Gasteiger partial charge in [-0.05, 0) is 44.2 Å². The van der Waals surface area contributed by atoms with Gasteiger partial charge in [0.25, 0.3) is 5.91 Å². The number of nitrogens with one attached hydrogen (secondary N) is 1. The number of para-hydroxylation sites is 1. The van der Waals surface area contributed by atoms with Crippen molar-refractivity contribution in [3.05, 3.63) is 29.3 Å². The number of hydrogen-bond acceptors (Lipinski definition) is 3. The average Bonchev–Trinajstić information content (AvgIpc) is 2.48. The molecule has 134 valence electrons. The van der Waals surface area contributed by atoms with Crippen LogP contribution < -0.4 is 10.1 Å². The Labute approximate surface area is 150 Å². The molecule has 4 atom stereocenters. The first-order chi connectivity index (χ1) is 11.3. The van der Waals surface area contributed by atoms with E-state index in [9.17, 15) is 4.79 Å². The van der Waals surface area contributed by atoms with E-state index in [-0.39, 0.29) is 11.9 Å². The molecule has 0 bridgehead atoms. The number of nitrogens with zero attached hydrogens (tertiary/aromatic N) is 1. The monoisotopic (exact) mass is 352 g/mol. The standard InChI is InChI=1S/C19H29ClN2O2/c1-13-9-14(2)11-22(10-13)12-15(3)21-19(23)16(4)24-18-8-6-5-7-17(18)20/h5-8,13-16H,9-12H2,1-4H3,(H,21,23). The highest BCUT2D eigenvalue weighted by molar-refractivity contribution is 6.32. The number of likely N-dealkylation sites (tertiary alicyclic amines) is 1. The van der Waals surface area contributed by atoms with Crippen LogP contribution in [0.25, 0.3) is 0 Å². The lowest BCUT2D eigenvalue weighted by molar-refractivity contribution is -0.128. The summed E-state index contributed by atoms with van der Waals surface area (Å²) < 4.78 is 5.67. The summed E-state index contributed by atoms with van der Waals surface area (Å²) in [7, 11) is 0. The second kappa shape index (κ2) is 8.72. The molecule has 1 aromatic carbocycles. The van der Waals surface area contributed by atoms with Gasteiger partial charge in [-0.3, -0.25) is 4.79 Å². The maximum atomic E-state index is 12.3. The van der Waals surface area contributed by atoms with Crippen molar-refractivity contribution >= 4 is 17.5 Å². The van der Waals surface area contributed by atoms with Crippen molar-refractivity contribution in [3.63, 3.8) is 0 Å². The van der Waals surface area contributed by atoms with Gasteiger partial charge in [0.1, 0.15) is 5.75 Å². The smallest absolute Gasteiger partial charge is 0.261 e. The number of amides is 1. The highest BCUT2D eigenvalue weighted by Gasteiger charge is 2.24. The number of ether oxygens (including phenoxy) is 1. The first-order valence-corrected chi connectivity index (χ1v) is 9.16. The van der Waals surface area contributed by atoms with Crippen LogP contribution in [-0.2, 0) is 4.79 Å². The molecule has 1 fully saturated rings. The minimum atomic E-state index is -0.577. The summed E-state index contributed by atoms with van der Waals surface area (Å²) >= 11 is 6.07. The minimum absolute atomic E-state index is 0.0901. The van der Waals surface area contributed by atoms with Crippen LogP contribution in [0.2, 0.25) is 5.02 Å². The number of halogens is 1. The van der Waals surface area contributed by atoms with Crippen molar-refractivity contribution in [1.82, 2.24) is 10.2 Å². The summed E-state index contributed by atoms with van der Waals surface area (Å²) in [4.78, 5) is 14.8. The van der Waals surface area contributed by atoms with Gasteiger partial charge in [0.2, 0.25) is 0 Å². The topological polar surface area (TPSA) is 41.6 Å². The van der Waals surface area contributed by atoms with Gasteiger partial charge in [0, 0.05) is 25.7 Å². The minimum Gasteiger partial charge on any atom is -0.479 e. The fourth-order valence-electron chi connectivity index (χ4n) is 3.52. The number of rotatable bonds is 6. The average molecular weight is 353 g/mol. The molecule has 0 aliphatic carbocycles. The molecular weight excluding hydrogens is 324 g/mol. The summed E-state index contributed by atoms with van der Waals surface area (Å²) in [6.07, 6.45) is 0.714. The molecule has 24 heavy (non-hydrogen) atoms. The van der Waals surface area contributed by atoms with Gasteiger partial charge in [-0.15, -0.1) is 0 Å². The van der Waals surface area contributed by atoms with Gasteiger partial charge >= 0.3 is 0 Å². The molecular formula is C19H29ClN2O2. The number of hydrogen-bond donors (Lipinski definition) is 1. The number of carbonyl (C=O) groups is 1. The molecule has 2 rings (SSSR count). The summed E-state index contributed by atoms with van der Waals surface area (Å²) in [6, 6.07) is 7.29. The Balaban J connectivity index is 1.81. The van der Waals surface area contributed by atoms with Crippen LogP contribution in [0.1, 0.15) is 34.1 Å². The van der Waals surface area contributed by atoms with E-state index in [1.807, 2.05) is 19.1 Å². The van der Waals surface area contributed by atoms with Crippen LogP contribution in [0.15, 0.2) is 24.3 Å². The van der Waals surface area contributed by atoms with Crippen molar-refractivity contribution in [2.45, 2.75) is 46.3 Å². The first kappa shape index (κ1) is 19.1. The van der Waals surface area contributed by atoms with Gasteiger partial charge in [-0.2, -0.15) is 0 Å². The van der Waals surface area contributed by atoms with E-state index < -0.39 is 6.10 Å². The van der Waals surface area contributed by atoms with Gasteiger partial charge in [0.05, 0.1) is 5.02 Å². The summed E-state index contributed by atoms with van der Waals surface area (Å²) in [5, 5.41) is 3.56. The number of benzene rings is 1. The lowest BCUT2D eigenvalue weighted by atomic mass is 9.92. The molecule has 1 aliphatic heterocycles. The van der Waals surface area contributed by atoms with E-state index in [1.165, 1.54) is 6.42 Å². The number of carbonyl (C=O) groups excluding carboxylic acids is 1. The third kappa shape index (κ3) is 5.67. The molecule has 1 N–H and O–H groups in total. The normalized spacial score (nSPS) is 24.2. The van der Waals surface area contributed by atoms with Crippen molar-refractivity contribution in [2.75, 3.05) is 19.6 Å². The van der Waals surface area contributed by atoms with Crippen molar-refractivity contribution in [3.8, 4) is 5.75 Å². The Morgan fingerprint density at radius 2 is 1.92 bits per heavy atom. The van der Waals surface area contributed by atoms with Crippen LogP contribution >= 0.6 is 11.6 Å². The van der Waals surface area contributed by atoms with Gasteiger partial charge in [-0.25, -0.2) is 0 Å². The van der Waals surface area contributed by atoms with Crippen LogP contribution in [0.4, 0.5) is 0 Å². The largest absolute Gasteiger partial charge is 0.479 e. The Morgan fingerprint density at radius 1 is 1.29 bits per heavy atom. The highest BCUT2D eigenvalue weighted by atomic mass is 35.5. The highest BCUT2D eigenvalue weighted by Crippen LogP contribution is 2.24. The molecule has 1 amide bonds. The van der Waals surface area contributed by atoms with Crippen molar-refractivity contribution in [1.29, 1.82) is 0 Å². The fraction of sp³-hybridized carbons (Fsp3) is 0.632. The fourth-order valence-corrected chi connectivity index (χ4v) is 3.70. The van der Waals surface area contributed by atoms with Crippen LogP contribution in [0.3, 0.4) is 0 Å². The number of piperidine rings is 1. The SMILES string of the molecule is CC1CC(C)CN(CC(C)NC(=O)C(C)Oc2ccccc2Cl)C1. The van der Waals surface area contributed by atoms with E-state index in [2.05, 4.69) is 24.1 Å². The second-order valence-electron chi connectivity index (χ2n) is 7.26. The molecule has 5 heteroatoms. The van der Waals surface area contributed by atoms with Crippen LogP contribution in [0, 0.1) is 11.8 Å². The van der Waals surface area contributed by atoms with E-state index in [0.29, 0.717) is 10.8 Å². The Kier molecular flexibility index (Phi) is 6.93. The van der Waals surface area contributed by atoms with Crippen molar-refractivity contribution in [2.24, 2.45) is 11.8 Å². The predicted molar refractivity (Wildman–Crippen MR) is 98.5 cm³/mol. The van der Waals surface area contributed by atoms with E-state index >= 15 is 0 Å². The third-order valence-corrected chi connectivity index (χ3v) is 4.69. The summed E-state index contributed by atoms with van der Waals surface area (Å²) in [5.74, 6) is 1.87. The molecule has 0 spiro atoms. The zero-order valence-corrected chi connectivity index (χ0v) is 15.8. The quantitative estimate of drug-likeness (QED) is 0.850. The molecule has 1 saturated heterocycles. The molecule has 1 aliphatic rings. The van der Waals surface area contributed by atoms with E-state index in [4.69, 9.17) is 16.3 Å². The molecule has 1 aromatic rings. The van der Waals surface area contributed by atoms with Gasteiger partial charge < -0.3 is 15.0 Å². The zero-order chi connectivity index (χ0) is 17.7. The van der Waals surface area contributed by atoms with Gasteiger partial charge in [-0.1, -0.05) is 37.6 Å². The summed E-state index contributed by atoms with van der Waals surface area (Å²) in [6.45, 7) is 11.5. The van der Waals surface area contributed by atoms with E-state index in [0.717, 1.165) is 31.5 Å². The molecule has 4 unspecified atom stereocenters. The van der Waals surface area contributed by atoms with Crippen molar-refractivity contribution < 1.29 is 9.53 Å². The molecule has 4 nitrogen and oxygen atoms in total. The maximum Gasteiger partial charge on any atom is 0.261 e. The summed E-state index contributed by atoms with van der Waals surface area (Å²) in [5.41, 5.74) is 0. The second-order valence-corrected chi connectivity index (χ2v) is 7.67. The lowest BCUT2D eigenvalue weighted by Gasteiger charge is -2.36. The lowest BCUT2D eigenvalue weighted by Crippen LogP contribution is -2.49. The third-order valence-electron chi connectivity index (χ3n) is 4.37. The first-order valence-electron chi connectivity index (χ1n) is 8.79. The molecule has 0 saturated carbocycles. The molecule has 0 aromatic heterocycles. The predicted octanol–water partition coefficient (Wildman–Crippen LogP) is 3.59. The van der Waals surface area contributed by atoms with E-state index in [1.54, 1.807) is 19.1 Å². The van der Waals surface area contributed by atoms with Crippen LogP contribution in [0.5, 0.6) is 5.75 Å². The zero-order valence-electron chi connectivity index (χ0n) is 15.1. The Morgan fingerprint density at radius 3 is 2.54 bits per heavy atom. The van der Waals surface area contributed by atoms with Crippen LogP contribution in [-0.4, -0.2) is 42.6 Å². The van der Waals surface area contributed by atoms with Gasteiger partial charge in [0.15, 0.2) is 6.10 Å². The molecule has 1 heterocycles. The Hall–Kier alpha value is -1.26. The Bertz CT molecular complexity index is 542. The maximum absolute atomic E-state index is 12.3. The molecule has 0 radical (unpaired) electrons.